The van der Waals surface area contributed by atoms with Crippen LogP contribution in [0, 0.1) is 11.3 Å². The van der Waals surface area contributed by atoms with Crippen molar-refractivity contribution >= 4 is 23.1 Å². The lowest BCUT2D eigenvalue weighted by Gasteiger charge is -2.38. The Bertz CT molecular complexity index is 1190. The molecule has 1 aliphatic heterocycles. The number of piperidine rings is 1. The Morgan fingerprint density at radius 3 is 2.70 bits per heavy atom. The number of hydrogen-bond acceptors (Lipinski definition) is 5. The fraction of sp³-hybridized carbons (Fsp3) is 0.423. The highest BCUT2D eigenvalue weighted by Gasteiger charge is 2.31. The Morgan fingerprint density at radius 2 is 1.94 bits per heavy atom. The third kappa shape index (κ3) is 4.95. The highest BCUT2D eigenvalue weighted by molar-refractivity contribution is 5.79. The number of carbonyl (C=O) groups is 1. The molecule has 3 aromatic rings. The summed E-state index contributed by atoms with van der Waals surface area (Å²) in [5, 5.41) is 9.57. The van der Waals surface area contributed by atoms with E-state index in [1.807, 2.05) is 70.3 Å². The Morgan fingerprint density at radius 1 is 1.21 bits per heavy atom. The summed E-state index contributed by atoms with van der Waals surface area (Å²) in [6.07, 6.45) is 1.57. The second-order valence-electron chi connectivity index (χ2n) is 9.59. The first kappa shape index (κ1) is 22.7. The maximum atomic E-state index is 12.7. The van der Waals surface area contributed by atoms with Gasteiger partial charge < -0.3 is 19.1 Å². The molecule has 0 unspecified atom stereocenters. The van der Waals surface area contributed by atoms with E-state index in [1.165, 1.54) is 0 Å². The van der Waals surface area contributed by atoms with Gasteiger partial charge in [0.25, 0.3) is 0 Å². The lowest BCUT2D eigenvalue weighted by Crippen LogP contribution is -2.50. The molecule has 7 nitrogen and oxygen atoms in total. The first-order chi connectivity index (χ1) is 15.8. The molecule has 0 saturated carbocycles. The van der Waals surface area contributed by atoms with Gasteiger partial charge in [0.1, 0.15) is 5.60 Å². The third-order valence-corrected chi connectivity index (χ3v) is 6.01. The zero-order valence-electron chi connectivity index (χ0n) is 19.8. The Labute approximate surface area is 195 Å². The first-order valence-electron chi connectivity index (χ1n) is 11.4. The average Bonchev–Trinajstić information content (AvgIpc) is 3.16. The van der Waals surface area contributed by atoms with Crippen molar-refractivity contribution in [3.63, 3.8) is 0 Å². The van der Waals surface area contributed by atoms with Gasteiger partial charge in [0, 0.05) is 20.1 Å². The molecule has 1 fully saturated rings. The van der Waals surface area contributed by atoms with Crippen molar-refractivity contribution < 1.29 is 9.53 Å². The van der Waals surface area contributed by atoms with Crippen molar-refractivity contribution in [2.45, 2.75) is 51.8 Å². The number of imidazole rings is 1. The summed E-state index contributed by atoms with van der Waals surface area (Å²) in [6.45, 7) is 7.75. The van der Waals surface area contributed by atoms with Gasteiger partial charge in [-0.3, -0.25) is 0 Å². The molecule has 1 amide bonds. The number of ether oxygens (including phenoxy) is 1. The van der Waals surface area contributed by atoms with Crippen LogP contribution in [0.5, 0.6) is 0 Å². The fourth-order valence-electron chi connectivity index (χ4n) is 4.33. The second kappa shape index (κ2) is 9.14. The van der Waals surface area contributed by atoms with E-state index in [1.54, 1.807) is 4.90 Å². The van der Waals surface area contributed by atoms with Crippen LogP contribution in [0.15, 0.2) is 48.5 Å². The zero-order valence-corrected chi connectivity index (χ0v) is 19.8. The molecule has 7 heteroatoms. The molecule has 0 radical (unpaired) electrons. The molecular weight excluding hydrogens is 414 g/mol. The van der Waals surface area contributed by atoms with E-state index < -0.39 is 5.60 Å². The van der Waals surface area contributed by atoms with E-state index in [0.29, 0.717) is 18.7 Å². The number of rotatable bonds is 4. The number of nitriles is 1. The summed E-state index contributed by atoms with van der Waals surface area (Å²) >= 11 is 0. The van der Waals surface area contributed by atoms with Crippen molar-refractivity contribution in [3.05, 3.63) is 59.7 Å². The number of hydrogen-bond donors (Lipinski definition) is 0. The average molecular weight is 446 g/mol. The van der Waals surface area contributed by atoms with Gasteiger partial charge >= 0.3 is 6.09 Å². The number of amides is 1. The van der Waals surface area contributed by atoms with E-state index in [4.69, 9.17) is 9.72 Å². The van der Waals surface area contributed by atoms with Gasteiger partial charge in [0.2, 0.25) is 5.95 Å². The summed E-state index contributed by atoms with van der Waals surface area (Å²) < 4.78 is 7.77. The Kier molecular flexibility index (Phi) is 6.28. The lowest BCUT2D eigenvalue weighted by atomic mass is 10.1. The predicted octanol–water partition coefficient (Wildman–Crippen LogP) is 4.79. The van der Waals surface area contributed by atoms with Gasteiger partial charge in [0.15, 0.2) is 0 Å². The molecule has 33 heavy (non-hydrogen) atoms. The third-order valence-electron chi connectivity index (χ3n) is 6.01. The molecule has 1 aliphatic rings. The van der Waals surface area contributed by atoms with Crippen LogP contribution >= 0.6 is 0 Å². The van der Waals surface area contributed by atoms with Crippen molar-refractivity contribution in [2.24, 2.45) is 0 Å². The van der Waals surface area contributed by atoms with Crippen LogP contribution in [0.3, 0.4) is 0 Å². The summed E-state index contributed by atoms with van der Waals surface area (Å²) in [5.74, 6) is 0.867. The van der Waals surface area contributed by atoms with E-state index in [9.17, 15) is 10.1 Å². The van der Waals surface area contributed by atoms with E-state index >= 15 is 0 Å². The molecule has 172 valence electrons. The van der Waals surface area contributed by atoms with Gasteiger partial charge in [-0.15, -0.1) is 0 Å². The second-order valence-corrected chi connectivity index (χ2v) is 9.59. The highest BCUT2D eigenvalue weighted by atomic mass is 16.6. The number of para-hydroxylation sites is 2. The van der Waals surface area contributed by atoms with Crippen molar-refractivity contribution in [1.29, 1.82) is 5.26 Å². The minimum atomic E-state index is -0.526. The molecule has 2 aromatic carbocycles. The fourth-order valence-corrected chi connectivity index (χ4v) is 4.33. The van der Waals surface area contributed by atoms with Crippen molar-refractivity contribution in [2.75, 3.05) is 25.0 Å². The molecule has 0 spiro atoms. The molecule has 2 heterocycles. The van der Waals surface area contributed by atoms with Crippen LogP contribution in [0.2, 0.25) is 0 Å². The number of anilines is 1. The maximum Gasteiger partial charge on any atom is 0.410 e. The van der Waals surface area contributed by atoms with Gasteiger partial charge in [0.05, 0.1) is 35.3 Å². The van der Waals surface area contributed by atoms with E-state index in [2.05, 4.69) is 21.6 Å². The van der Waals surface area contributed by atoms with Crippen molar-refractivity contribution in [1.82, 2.24) is 14.5 Å². The van der Waals surface area contributed by atoms with Crippen LogP contribution in [0.4, 0.5) is 10.7 Å². The van der Waals surface area contributed by atoms with Crippen LogP contribution < -0.4 is 4.90 Å². The largest absolute Gasteiger partial charge is 0.444 e. The normalized spacial score (nSPS) is 16.5. The summed E-state index contributed by atoms with van der Waals surface area (Å²) in [4.78, 5) is 21.6. The number of carbonyl (C=O) groups excluding carboxylic acids is 1. The molecule has 1 atom stereocenters. The first-order valence-corrected chi connectivity index (χ1v) is 11.4. The van der Waals surface area contributed by atoms with E-state index in [0.717, 1.165) is 41.9 Å². The van der Waals surface area contributed by atoms with Crippen LogP contribution in [0.25, 0.3) is 11.0 Å². The number of likely N-dealkylation sites (N-methyl/N-ethyl adjacent to an activating group) is 1. The number of aromatic nitrogens is 2. The molecule has 0 aliphatic carbocycles. The van der Waals surface area contributed by atoms with Crippen LogP contribution in [-0.4, -0.2) is 52.3 Å². The minimum absolute atomic E-state index is 0.0354. The summed E-state index contributed by atoms with van der Waals surface area (Å²) in [6, 6.07) is 18.1. The number of benzene rings is 2. The number of fused-ring (bicyclic) bond motifs is 1. The predicted molar refractivity (Wildman–Crippen MR) is 129 cm³/mol. The monoisotopic (exact) mass is 445 g/mol. The molecule has 1 aromatic heterocycles. The van der Waals surface area contributed by atoms with E-state index in [-0.39, 0.29) is 12.1 Å². The van der Waals surface area contributed by atoms with Crippen molar-refractivity contribution in [3.8, 4) is 6.07 Å². The SMILES string of the molecule is CN(C(=O)OC(C)(C)C)[C@H]1CCCN(c2nc3ccccc3n2Cc2ccccc2C#N)C1. The summed E-state index contributed by atoms with van der Waals surface area (Å²) in [5.41, 5.74) is 3.06. The zero-order chi connectivity index (χ0) is 23.6. The number of nitrogens with zero attached hydrogens (tertiary/aromatic N) is 5. The van der Waals surface area contributed by atoms with Gasteiger partial charge in [-0.1, -0.05) is 30.3 Å². The quantitative estimate of drug-likeness (QED) is 0.577. The molecule has 0 N–H and O–H groups in total. The smallest absolute Gasteiger partial charge is 0.410 e. The Balaban J connectivity index is 1.64. The minimum Gasteiger partial charge on any atom is -0.444 e. The lowest BCUT2D eigenvalue weighted by molar-refractivity contribution is 0.0209. The maximum absolute atomic E-state index is 12.7. The Hall–Kier alpha value is -3.53. The topological polar surface area (TPSA) is 74.4 Å². The molecule has 4 rings (SSSR count). The van der Waals surface area contributed by atoms with Gasteiger partial charge in [-0.25, -0.2) is 9.78 Å². The molecule has 0 bridgehead atoms. The van der Waals surface area contributed by atoms with Crippen LogP contribution in [-0.2, 0) is 11.3 Å². The molecule has 1 saturated heterocycles. The highest BCUT2D eigenvalue weighted by Crippen LogP contribution is 2.28. The van der Waals surface area contributed by atoms with Crippen LogP contribution in [0.1, 0.15) is 44.7 Å². The van der Waals surface area contributed by atoms with Gasteiger partial charge in [-0.05, 0) is 57.4 Å². The standard InChI is InChI=1S/C26H31N5O2/c1-26(2,3)33-25(32)29(4)21-12-9-15-30(18-21)24-28-22-13-7-8-14-23(22)31(24)17-20-11-6-5-10-19(20)16-27/h5-8,10-11,13-14,21H,9,12,15,17-18H2,1-4H3/t21-/m0/s1. The molecular formula is C26H31N5O2. The summed E-state index contributed by atoms with van der Waals surface area (Å²) in [7, 11) is 1.81. The van der Waals surface area contributed by atoms with Gasteiger partial charge in [-0.2, -0.15) is 5.26 Å².